The molecule has 0 unspecified atom stereocenters. The second-order valence-corrected chi connectivity index (χ2v) is 3.14. The Hall–Kier alpha value is -1.43. The van der Waals surface area contributed by atoms with Crippen LogP contribution in [0.25, 0.3) is 0 Å². The van der Waals surface area contributed by atoms with Gasteiger partial charge < -0.3 is 51.8 Å². The monoisotopic (exact) mass is 353 g/mol. The molecule has 0 bridgehead atoms. The molecule has 0 aliphatic carbocycles. The summed E-state index contributed by atoms with van der Waals surface area (Å²) in [5.41, 5.74) is 1.32. The van der Waals surface area contributed by atoms with E-state index in [1.807, 2.05) is 18.2 Å². The topological polar surface area (TPSA) is 0 Å². The molecule has 1 aromatic carbocycles. The van der Waals surface area contributed by atoms with Crippen molar-refractivity contribution in [3.8, 4) is 0 Å². The Balaban J connectivity index is -0.000000223. The van der Waals surface area contributed by atoms with E-state index in [4.69, 9.17) is 0 Å². The van der Waals surface area contributed by atoms with Crippen molar-refractivity contribution < 1.29 is 51.8 Å². The van der Waals surface area contributed by atoms with Gasteiger partial charge in [-0.25, -0.2) is 0 Å². The van der Waals surface area contributed by atoms with Crippen molar-refractivity contribution in [1.82, 2.24) is 0 Å². The molecule has 0 aliphatic rings. The quantitative estimate of drug-likeness (QED) is 0.403. The first kappa shape index (κ1) is 25.5. The van der Waals surface area contributed by atoms with Gasteiger partial charge in [-0.1, -0.05) is 35.9 Å². The van der Waals surface area contributed by atoms with Crippen LogP contribution < -0.4 is 0 Å². The fraction of sp³-hybridized carbons (Fsp3) is 0.143. The van der Waals surface area contributed by atoms with Gasteiger partial charge >= 0.3 is 21.8 Å². The van der Waals surface area contributed by atoms with E-state index in [9.17, 15) is 51.8 Å². The van der Waals surface area contributed by atoms with E-state index in [2.05, 4.69) is 19.1 Å². The van der Waals surface area contributed by atoms with Gasteiger partial charge in [0.05, 0.1) is 0 Å². The SMILES string of the molecule is Cc1ccccc1.F[B-](F)(F)F.F[B-](F)(F)F.F[B-](F)(F)F. The van der Waals surface area contributed by atoms with Crippen LogP contribution in [-0.4, -0.2) is 21.8 Å². The Morgan fingerprint density at radius 2 is 0.682 bits per heavy atom. The maximum absolute atomic E-state index is 9.75. The van der Waals surface area contributed by atoms with E-state index in [-0.39, 0.29) is 0 Å². The predicted octanol–water partition coefficient (Wildman–Crippen LogP) is 5.90. The van der Waals surface area contributed by atoms with Gasteiger partial charge in [-0.05, 0) is 6.92 Å². The van der Waals surface area contributed by atoms with Crippen LogP contribution in [0, 0.1) is 6.92 Å². The molecule has 0 aromatic heterocycles. The summed E-state index contributed by atoms with van der Waals surface area (Å²) in [7, 11) is -18.0. The highest BCUT2D eigenvalue weighted by molar-refractivity contribution is 6.50. The summed E-state index contributed by atoms with van der Waals surface area (Å²) in [5, 5.41) is 0. The highest BCUT2D eigenvalue weighted by Gasteiger charge is 2.21. The molecular formula is C7H8B3F12-3. The third kappa shape index (κ3) is 133. The fourth-order valence-electron chi connectivity index (χ4n) is 0.534. The molecule has 1 rings (SSSR count). The van der Waals surface area contributed by atoms with Crippen molar-refractivity contribution in [2.45, 2.75) is 6.92 Å². The molecule has 0 saturated carbocycles. The van der Waals surface area contributed by atoms with Crippen molar-refractivity contribution in [1.29, 1.82) is 0 Å². The minimum atomic E-state index is -6.00. The summed E-state index contributed by atoms with van der Waals surface area (Å²) < 4.78 is 117. The molecule has 0 atom stereocenters. The van der Waals surface area contributed by atoms with Gasteiger partial charge in [-0.15, -0.1) is 0 Å². The van der Waals surface area contributed by atoms with Crippen molar-refractivity contribution in [2.24, 2.45) is 0 Å². The number of hydrogen-bond donors (Lipinski definition) is 0. The van der Waals surface area contributed by atoms with Crippen molar-refractivity contribution in [3.05, 3.63) is 35.9 Å². The molecule has 0 heterocycles. The summed E-state index contributed by atoms with van der Waals surface area (Å²) in [4.78, 5) is 0. The zero-order valence-corrected chi connectivity index (χ0v) is 10.7. The first-order valence-corrected chi connectivity index (χ1v) is 5.03. The van der Waals surface area contributed by atoms with Crippen molar-refractivity contribution in [3.63, 3.8) is 0 Å². The average molecular weight is 353 g/mol. The van der Waals surface area contributed by atoms with Gasteiger partial charge in [-0.3, -0.25) is 0 Å². The van der Waals surface area contributed by atoms with Gasteiger partial charge in [0.2, 0.25) is 0 Å². The van der Waals surface area contributed by atoms with E-state index in [1.165, 1.54) is 5.56 Å². The number of halogens is 12. The van der Waals surface area contributed by atoms with Crippen LogP contribution in [0.3, 0.4) is 0 Å². The lowest BCUT2D eigenvalue weighted by Crippen LogP contribution is -2.02. The second kappa shape index (κ2) is 11.2. The van der Waals surface area contributed by atoms with Gasteiger partial charge in [0.25, 0.3) is 0 Å². The Bertz CT molecular complexity index is 309. The summed E-state index contributed by atoms with van der Waals surface area (Å²) in [6.45, 7) is 2.08. The molecule has 0 nitrogen and oxygen atoms in total. The Morgan fingerprint density at radius 1 is 0.500 bits per heavy atom. The number of hydrogen-bond acceptors (Lipinski definition) is 0. The normalized spacial score (nSPS) is 11.0. The van der Waals surface area contributed by atoms with Crippen LogP contribution >= 0.6 is 0 Å². The van der Waals surface area contributed by atoms with E-state index in [0.717, 1.165) is 0 Å². The van der Waals surface area contributed by atoms with Crippen LogP contribution in [0.1, 0.15) is 5.56 Å². The van der Waals surface area contributed by atoms with E-state index < -0.39 is 21.8 Å². The lowest BCUT2D eigenvalue weighted by Gasteiger charge is -1.94. The average Bonchev–Trinajstić information content (AvgIpc) is 2.09. The molecule has 0 amide bonds. The van der Waals surface area contributed by atoms with Gasteiger partial charge in [0.1, 0.15) is 0 Å². The van der Waals surface area contributed by atoms with Gasteiger partial charge in [0.15, 0.2) is 0 Å². The van der Waals surface area contributed by atoms with Crippen LogP contribution in [-0.2, 0) is 0 Å². The van der Waals surface area contributed by atoms with Crippen LogP contribution in [0.5, 0.6) is 0 Å². The van der Waals surface area contributed by atoms with Crippen LogP contribution in [0.15, 0.2) is 30.3 Å². The lowest BCUT2D eigenvalue weighted by molar-refractivity contribution is 0.366. The smallest absolute Gasteiger partial charge is 0.418 e. The highest BCUT2D eigenvalue weighted by atomic mass is 19.5. The molecule has 0 spiro atoms. The van der Waals surface area contributed by atoms with E-state index in [0.29, 0.717) is 0 Å². The summed E-state index contributed by atoms with van der Waals surface area (Å²) in [6, 6.07) is 10.3. The molecule has 0 saturated heterocycles. The Labute approximate surface area is 117 Å². The largest absolute Gasteiger partial charge is 0.673 e. The van der Waals surface area contributed by atoms with Gasteiger partial charge in [-0.2, -0.15) is 0 Å². The van der Waals surface area contributed by atoms with Crippen LogP contribution in [0.4, 0.5) is 51.8 Å². The third-order valence-electron chi connectivity index (χ3n) is 0.940. The van der Waals surface area contributed by atoms with E-state index >= 15 is 0 Å². The first-order valence-electron chi connectivity index (χ1n) is 5.03. The standard InChI is InChI=1S/C7H8.3BF4/c1-7-5-3-2-4-6-7;3*2-1(3,4)5/h2-6H,1H3;;;/q;3*-1. The van der Waals surface area contributed by atoms with E-state index in [1.54, 1.807) is 0 Å². The zero-order valence-electron chi connectivity index (χ0n) is 10.7. The number of benzene rings is 1. The summed E-state index contributed by atoms with van der Waals surface area (Å²) >= 11 is 0. The number of rotatable bonds is 0. The molecule has 0 N–H and O–H groups in total. The molecule has 0 aliphatic heterocycles. The number of aryl methyl sites for hydroxylation is 1. The molecule has 1 aromatic rings. The summed E-state index contributed by atoms with van der Waals surface area (Å²) in [6.07, 6.45) is 0. The molecule has 0 radical (unpaired) electrons. The Morgan fingerprint density at radius 3 is 0.773 bits per heavy atom. The molecule has 15 heteroatoms. The third-order valence-corrected chi connectivity index (χ3v) is 0.940. The van der Waals surface area contributed by atoms with Crippen molar-refractivity contribution in [2.75, 3.05) is 0 Å². The molecule has 22 heavy (non-hydrogen) atoms. The first-order chi connectivity index (χ1) is 9.39. The second-order valence-electron chi connectivity index (χ2n) is 3.14. The molecular weight excluding hydrogens is 344 g/mol. The maximum Gasteiger partial charge on any atom is 0.673 e. The fourth-order valence-corrected chi connectivity index (χ4v) is 0.534. The highest BCUT2D eigenvalue weighted by Crippen LogP contribution is 2.07. The summed E-state index contributed by atoms with van der Waals surface area (Å²) in [5.74, 6) is 0. The minimum Gasteiger partial charge on any atom is -0.418 e. The van der Waals surface area contributed by atoms with Crippen molar-refractivity contribution >= 4 is 21.8 Å². The minimum absolute atomic E-state index is 1.32. The van der Waals surface area contributed by atoms with Gasteiger partial charge in [0, 0.05) is 0 Å². The lowest BCUT2D eigenvalue weighted by atomic mass is 10.2. The maximum atomic E-state index is 9.75. The molecule has 132 valence electrons. The Kier molecular flexibility index (Phi) is 13.0. The zero-order chi connectivity index (χ0) is 18.6. The van der Waals surface area contributed by atoms with Crippen LogP contribution in [0.2, 0.25) is 0 Å². The molecule has 0 fully saturated rings. The predicted molar refractivity (Wildman–Crippen MR) is 61.7 cm³/mol.